The monoisotopic (exact) mass is 422 g/mol. The van der Waals surface area contributed by atoms with Gasteiger partial charge >= 0.3 is 0 Å². The van der Waals surface area contributed by atoms with Gasteiger partial charge in [-0.1, -0.05) is 43.3 Å². The molecule has 1 aliphatic rings. The normalized spacial score (nSPS) is 16.0. The van der Waals surface area contributed by atoms with Crippen molar-refractivity contribution in [2.75, 3.05) is 58.2 Å². The number of amidine groups is 1. The molecule has 0 spiro atoms. The first kappa shape index (κ1) is 22.9. The van der Waals surface area contributed by atoms with Crippen molar-refractivity contribution in [3.63, 3.8) is 0 Å². The minimum absolute atomic E-state index is 0.618. The molecule has 0 radical (unpaired) electrons. The number of aliphatic imine (C=N–C) groups is 1. The molecule has 2 aromatic rings. The number of hydrazine groups is 1. The molecular weight excluding hydrogens is 388 g/mol. The van der Waals surface area contributed by atoms with E-state index in [0.29, 0.717) is 11.6 Å². The Labute approximate surface area is 185 Å². The van der Waals surface area contributed by atoms with Gasteiger partial charge in [0.2, 0.25) is 0 Å². The van der Waals surface area contributed by atoms with Crippen LogP contribution in [0.3, 0.4) is 0 Å². The zero-order valence-electron chi connectivity index (χ0n) is 18.8. The number of nitrogens with one attached hydrogen (secondary N) is 3. The van der Waals surface area contributed by atoms with Gasteiger partial charge in [0.1, 0.15) is 11.7 Å². The van der Waals surface area contributed by atoms with Crippen molar-refractivity contribution >= 4 is 29.6 Å². The van der Waals surface area contributed by atoms with E-state index in [-0.39, 0.29) is 0 Å². The Bertz CT molecular complexity index is 857. The van der Waals surface area contributed by atoms with E-state index < -0.39 is 0 Å². The van der Waals surface area contributed by atoms with Crippen molar-refractivity contribution in [1.29, 1.82) is 0 Å². The van der Waals surface area contributed by atoms with E-state index in [2.05, 4.69) is 60.1 Å². The lowest BCUT2D eigenvalue weighted by Gasteiger charge is -2.32. The van der Waals surface area contributed by atoms with Gasteiger partial charge in [-0.3, -0.25) is 4.90 Å². The van der Waals surface area contributed by atoms with E-state index in [1.54, 1.807) is 0 Å². The second-order valence-electron chi connectivity index (χ2n) is 7.64. The van der Waals surface area contributed by atoms with Crippen LogP contribution in [0.25, 0.3) is 12.2 Å². The molecule has 1 aromatic carbocycles. The Balaban J connectivity index is 1.70. The zero-order valence-corrected chi connectivity index (χ0v) is 18.8. The number of benzene rings is 1. The van der Waals surface area contributed by atoms with Crippen LogP contribution in [0.4, 0.5) is 11.6 Å². The van der Waals surface area contributed by atoms with Crippen LogP contribution in [0.15, 0.2) is 41.4 Å². The summed E-state index contributed by atoms with van der Waals surface area (Å²) in [6.07, 6.45) is 3.94. The van der Waals surface area contributed by atoms with E-state index in [1.807, 2.05) is 50.3 Å². The van der Waals surface area contributed by atoms with E-state index in [0.717, 1.165) is 63.0 Å². The molecule has 3 N–H and O–H groups in total. The van der Waals surface area contributed by atoms with Crippen molar-refractivity contribution in [2.24, 2.45) is 4.99 Å². The quantitative estimate of drug-likeness (QED) is 0.325. The number of piperazine rings is 1. The fourth-order valence-corrected chi connectivity index (χ4v) is 3.24. The molecule has 2 heterocycles. The summed E-state index contributed by atoms with van der Waals surface area (Å²) >= 11 is 0. The maximum Gasteiger partial charge on any atom is 0.160 e. The van der Waals surface area contributed by atoms with E-state index in [4.69, 9.17) is 0 Å². The lowest BCUT2D eigenvalue weighted by Crippen LogP contribution is -2.45. The van der Waals surface area contributed by atoms with Gasteiger partial charge in [0.15, 0.2) is 11.6 Å². The highest BCUT2D eigenvalue weighted by Crippen LogP contribution is 2.16. The number of hydrogen-bond acceptors (Lipinski definition) is 7. The van der Waals surface area contributed by atoms with Crippen LogP contribution in [0.1, 0.15) is 25.2 Å². The number of likely N-dealkylation sites (N-methyl/N-ethyl adjacent to an activating group) is 1. The fraction of sp³-hybridized carbons (Fsp3) is 0.435. The van der Waals surface area contributed by atoms with E-state index in [1.165, 1.54) is 0 Å². The lowest BCUT2D eigenvalue weighted by molar-refractivity contribution is 0.158. The summed E-state index contributed by atoms with van der Waals surface area (Å²) in [6, 6.07) is 12.0. The second-order valence-corrected chi connectivity index (χ2v) is 7.64. The predicted molar refractivity (Wildman–Crippen MR) is 129 cm³/mol. The van der Waals surface area contributed by atoms with Crippen molar-refractivity contribution < 1.29 is 0 Å². The molecule has 8 nitrogen and oxygen atoms in total. The van der Waals surface area contributed by atoms with Crippen molar-refractivity contribution in [3.8, 4) is 0 Å². The van der Waals surface area contributed by atoms with Crippen LogP contribution >= 0.6 is 0 Å². The molecule has 1 aromatic heterocycles. The minimum Gasteiger partial charge on any atom is -0.369 e. The molecule has 1 saturated heterocycles. The maximum atomic E-state index is 4.67. The van der Waals surface area contributed by atoms with Crippen LogP contribution in [-0.2, 0) is 0 Å². The first-order valence-electron chi connectivity index (χ1n) is 10.9. The minimum atomic E-state index is 0.618. The van der Waals surface area contributed by atoms with Gasteiger partial charge in [0.25, 0.3) is 0 Å². The average molecular weight is 423 g/mol. The predicted octanol–water partition coefficient (Wildman–Crippen LogP) is 2.47. The summed E-state index contributed by atoms with van der Waals surface area (Å²) in [7, 11) is 2.18. The first-order valence-corrected chi connectivity index (χ1v) is 10.9. The Morgan fingerprint density at radius 2 is 1.87 bits per heavy atom. The number of rotatable bonds is 9. The van der Waals surface area contributed by atoms with Gasteiger partial charge in [-0.2, -0.15) is 0 Å². The van der Waals surface area contributed by atoms with Gasteiger partial charge in [-0.15, -0.1) is 0 Å². The van der Waals surface area contributed by atoms with E-state index in [9.17, 15) is 0 Å². The Morgan fingerprint density at radius 1 is 1.10 bits per heavy atom. The summed E-state index contributed by atoms with van der Waals surface area (Å²) in [5.74, 6) is 2.78. The highest BCUT2D eigenvalue weighted by Gasteiger charge is 2.13. The molecule has 1 aliphatic heterocycles. The molecule has 0 unspecified atom stereocenters. The Hall–Kier alpha value is -2.81. The summed E-state index contributed by atoms with van der Waals surface area (Å²) < 4.78 is 0. The molecule has 31 heavy (non-hydrogen) atoms. The smallest absolute Gasteiger partial charge is 0.160 e. The van der Waals surface area contributed by atoms with Gasteiger partial charge in [-0.25, -0.2) is 20.4 Å². The topological polar surface area (TPSA) is 80.7 Å². The molecule has 1 fully saturated rings. The SMILES string of the molecule is CCNNC(C)=Nc1cc(NCCN2CCN(C)CC2)nc(/C=C/c2ccccc2)n1. The Kier molecular flexibility index (Phi) is 8.96. The molecule has 0 amide bonds. The molecule has 3 rings (SSSR count). The third-order valence-electron chi connectivity index (χ3n) is 5.01. The second kappa shape index (κ2) is 12.1. The summed E-state index contributed by atoms with van der Waals surface area (Å²) in [4.78, 5) is 18.7. The van der Waals surface area contributed by atoms with Crippen LogP contribution < -0.4 is 16.2 Å². The van der Waals surface area contributed by atoms with Crippen LogP contribution in [0.5, 0.6) is 0 Å². The lowest BCUT2D eigenvalue weighted by atomic mass is 10.2. The van der Waals surface area contributed by atoms with Crippen LogP contribution in [0.2, 0.25) is 0 Å². The molecule has 0 saturated carbocycles. The Morgan fingerprint density at radius 3 is 2.61 bits per heavy atom. The standard InChI is InChI=1S/C23H34N8/c1-4-25-29-19(2)26-23-18-22(24-12-13-31-16-14-30(3)15-17-31)27-21(28-23)11-10-20-8-6-5-7-9-20/h5-11,18,25H,4,12-17H2,1-3H3,(H2,24,26,27,28,29)/b11-10+. The largest absolute Gasteiger partial charge is 0.369 e. The molecule has 0 atom stereocenters. The average Bonchev–Trinajstić information content (AvgIpc) is 2.78. The summed E-state index contributed by atoms with van der Waals surface area (Å²) in [6.45, 7) is 11.0. The molecular formula is C23H34N8. The fourth-order valence-electron chi connectivity index (χ4n) is 3.24. The van der Waals surface area contributed by atoms with Crippen LogP contribution in [0, 0.1) is 0 Å². The zero-order chi connectivity index (χ0) is 21.9. The third kappa shape index (κ3) is 8.09. The van der Waals surface area contributed by atoms with Gasteiger partial charge in [0.05, 0.1) is 0 Å². The van der Waals surface area contributed by atoms with Gasteiger partial charge in [-0.05, 0) is 25.6 Å². The number of aromatic nitrogens is 2. The highest BCUT2D eigenvalue weighted by molar-refractivity contribution is 5.81. The number of nitrogens with zero attached hydrogens (tertiary/aromatic N) is 5. The van der Waals surface area contributed by atoms with Crippen molar-refractivity contribution in [2.45, 2.75) is 13.8 Å². The number of hydrogen-bond donors (Lipinski definition) is 3. The van der Waals surface area contributed by atoms with Gasteiger partial charge in [0, 0.05) is 51.9 Å². The molecule has 0 bridgehead atoms. The molecule has 8 heteroatoms. The van der Waals surface area contributed by atoms with Crippen molar-refractivity contribution in [3.05, 3.63) is 47.8 Å². The summed E-state index contributed by atoms with van der Waals surface area (Å²) in [5, 5.41) is 3.45. The highest BCUT2D eigenvalue weighted by atomic mass is 15.4. The first-order chi connectivity index (χ1) is 15.1. The van der Waals surface area contributed by atoms with Gasteiger partial charge < -0.3 is 15.6 Å². The summed E-state index contributed by atoms with van der Waals surface area (Å²) in [5.41, 5.74) is 7.22. The van der Waals surface area contributed by atoms with E-state index >= 15 is 0 Å². The van der Waals surface area contributed by atoms with Crippen molar-refractivity contribution in [1.82, 2.24) is 30.6 Å². The van der Waals surface area contributed by atoms with Crippen LogP contribution in [-0.4, -0.2) is 78.5 Å². The number of anilines is 1. The molecule has 166 valence electrons. The molecule has 0 aliphatic carbocycles. The maximum absolute atomic E-state index is 4.67. The third-order valence-corrected chi connectivity index (χ3v) is 5.01.